The Morgan fingerprint density at radius 2 is 1.48 bits per heavy atom. The highest BCUT2D eigenvalue weighted by Gasteiger charge is 2.10. The molecule has 0 amide bonds. The fourth-order valence-corrected chi connectivity index (χ4v) is 2.58. The fraction of sp³-hybridized carbons (Fsp3) is 0.619. The minimum absolute atomic E-state index is 0.0162. The molecule has 0 N–H and O–H groups in total. The van der Waals surface area contributed by atoms with Gasteiger partial charge in [-0.25, -0.2) is 8.78 Å². The highest BCUT2D eigenvalue weighted by Crippen LogP contribution is 2.12. The van der Waals surface area contributed by atoms with Crippen molar-refractivity contribution in [2.75, 3.05) is 6.61 Å². The Kier molecular flexibility index (Phi) is 12.1. The van der Waals surface area contributed by atoms with Crippen molar-refractivity contribution in [1.29, 1.82) is 0 Å². The summed E-state index contributed by atoms with van der Waals surface area (Å²) in [4.78, 5) is 23.2. The van der Waals surface area contributed by atoms with Crippen molar-refractivity contribution in [3.63, 3.8) is 0 Å². The number of hydrogen-bond donors (Lipinski definition) is 0. The van der Waals surface area contributed by atoms with Gasteiger partial charge in [0.1, 0.15) is 18.2 Å². The predicted octanol–water partition coefficient (Wildman–Crippen LogP) is 5.47. The van der Waals surface area contributed by atoms with Crippen LogP contribution in [-0.2, 0) is 25.7 Å². The van der Waals surface area contributed by atoms with Crippen molar-refractivity contribution in [1.82, 2.24) is 0 Å². The van der Waals surface area contributed by atoms with E-state index in [4.69, 9.17) is 9.47 Å². The van der Waals surface area contributed by atoms with Crippen molar-refractivity contribution in [2.45, 2.75) is 77.7 Å². The topological polar surface area (TPSA) is 52.6 Å². The highest BCUT2D eigenvalue weighted by molar-refractivity contribution is 5.72. The Hall–Kier alpha value is -1.98. The third-order valence-electron chi connectivity index (χ3n) is 4.17. The van der Waals surface area contributed by atoms with E-state index >= 15 is 0 Å². The summed E-state index contributed by atoms with van der Waals surface area (Å²) in [5, 5.41) is 0. The lowest BCUT2D eigenvalue weighted by atomic mass is 10.1. The average molecular weight is 384 g/mol. The van der Waals surface area contributed by atoms with Crippen LogP contribution >= 0.6 is 0 Å². The highest BCUT2D eigenvalue weighted by atomic mass is 19.1. The van der Waals surface area contributed by atoms with Crippen LogP contribution in [0.15, 0.2) is 18.2 Å². The molecule has 0 atom stereocenters. The molecule has 1 aromatic carbocycles. The molecule has 0 spiro atoms. The van der Waals surface area contributed by atoms with Crippen LogP contribution in [0.2, 0.25) is 0 Å². The first-order valence-electron chi connectivity index (χ1n) is 9.78. The first kappa shape index (κ1) is 23.1. The fourth-order valence-electron chi connectivity index (χ4n) is 2.58. The van der Waals surface area contributed by atoms with Crippen LogP contribution in [0.5, 0.6) is 0 Å². The summed E-state index contributed by atoms with van der Waals surface area (Å²) in [5.74, 6) is -2.10. The number of hydrogen-bond acceptors (Lipinski definition) is 4. The first-order valence-corrected chi connectivity index (χ1v) is 9.78. The van der Waals surface area contributed by atoms with Crippen LogP contribution in [0.4, 0.5) is 8.78 Å². The van der Waals surface area contributed by atoms with Gasteiger partial charge in [-0.15, -0.1) is 0 Å². The van der Waals surface area contributed by atoms with E-state index in [1.54, 1.807) is 0 Å². The SMILES string of the molecule is CCCCCCCCCOC(=O)CCCC(=O)OCc1cc(F)ccc1F. The quantitative estimate of drug-likeness (QED) is 0.315. The second-order valence-electron chi connectivity index (χ2n) is 6.59. The minimum Gasteiger partial charge on any atom is -0.466 e. The number of benzene rings is 1. The lowest BCUT2D eigenvalue weighted by Crippen LogP contribution is -2.09. The molecule has 0 aliphatic rings. The molecule has 4 nitrogen and oxygen atoms in total. The summed E-state index contributed by atoms with van der Waals surface area (Å²) in [6.45, 7) is 2.27. The molecule has 27 heavy (non-hydrogen) atoms. The Morgan fingerprint density at radius 1 is 0.852 bits per heavy atom. The first-order chi connectivity index (χ1) is 13.0. The van der Waals surface area contributed by atoms with E-state index in [0.717, 1.165) is 37.5 Å². The van der Waals surface area contributed by atoms with Crippen molar-refractivity contribution in [3.05, 3.63) is 35.4 Å². The average Bonchev–Trinajstić information content (AvgIpc) is 2.64. The summed E-state index contributed by atoms with van der Waals surface area (Å²) in [6.07, 6.45) is 8.54. The Morgan fingerprint density at radius 3 is 2.19 bits per heavy atom. The van der Waals surface area contributed by atoms with Gasteiger partial charge < -0.3 is 9.47 Å². The lowest BCUT2D eigenvalue weighted by Gasteiger charge is -2.07. The smallest absolute Gasteiger partial charge is 0.306 e. The third-order valence-corrected chi connectivity index (χ3v) is 4.17. The second-order valence-corrected chi connectivity index (χ2v) is 6.59. The molecule has 152 valence electrons. The van der Waals surface area contributed by atoms with Gasteiger partial charge in [-0.1, -0.05) is 45.4 Å². The number of unbranched alkanes of at least 4 members (excludes halogenated alkanes) is 6. The van der Waals surface area contributed by atoms with E-state index < -0.39 is 17.6 Å². The summed E-state index contributed by atoms with van der Waals surface area (Å²) in [6, 6.07) is 2.97. The predicted molar refractivity (Wildman–Crippen MR) is 99.0 cm³/mol. The summed E-state index contributed by atoms with van der Waals surface area (Å²) < 4.78 is 36.5. The van der Waals surface area contributed by atoms with Crippen LogP contribution in [0.3, 0.4) is 0 Å². The molecule has 0 heterocycles. The molecule has 0 saturated heterocycles. The molecule has 0 aromatic heterocycles. The number of ether oxygens (including phenoxy) is 2. The maximum atomic E-state index is 13.4. The summed E-state index contributed by atoms with van der Waals surface area (Å²) in [7, 11) is 0. The summed E-state index contributed by atoms with van der Waals surface area (Å²) in [5.41, 5.74) is -0.0162. The number of carbonyl (C=O) groups is 2. The van der Waals surface area contributed by atoms with Crippen molar-refractivity contribution in [2.24, 2.45) is 0 Å². The maximum Gasteiger partial charge on any atom is 0.306 e. The van der Waals surface area contributed by atoms with E-state index in [0.29, 0.717) is 13.0 Å². The largest absolute Gasteiger partial charge is 0.466 e. The van der Waals surface area contributed by atoms with Gasteiger partial charge in [0.2, 0.25) is 0 Å². The Bertz CT molecular complexity index is 575. The molecule has 0 aliphatic carbocycles. The molecule has 0 radical (unpaired) electrons. The molecule has 0 saturated carbocycles. The van der Waals surface area contributed by atoms with Gasteiger partial charge in [0.25, 0.3) is 0 Å². The van der Waals surface area contributed by atoms with Crippen molar-refractivity contribution in [3.8, 4) is 0 Å². The van der Waals surface area contributed by atoms with Crippen LogP contribution < -0.4 is 0 Å². The zero-order valence-electron chi connectivity index (χ0n) is 16.1. The van der Waals surface area contributed by atoms with Crippen molar-refractivity contribution >= 4 is 11.9 Å². The normalized spacial score (nSPS) is 10.6. The van der Waals surface area contributed by atoms with Gasteiger partial charge in [0, 0.05) is 18.4 Å². The van der Waals surface area contributed by atoms with Gasteiger partial charge in [0.05, 0.1) is 6.61 Å². The van der Waals surface area contributed by atoms with Gasteiger partial charge in [0.15, 0.2) is 0 Å². The molecular weight excluding hydrogens is 354 g/mol. The number of esters is 2. The van der Waals surface area contributed by atoms with Crippen molar-refractivity contribution < 1.29 is 27.8 Å². The van der Waals surface area contributed by atoms with E-state index in [1.807, 2.05) is 0 Å². The van der Waals surface area contributed by atoms with Gasteiger partial charge in [-0.3, -0.25) is 9.59 Å². The lowest BCUT2D eigenvalue weighted by molar-refractivity contribution is -0.146. The number of rotatable bonds is 14. The molecule has 0 unspecified atom stereocenters. The molecule has 0 fully saturated rings. The zero-order valence-corrected chi connectivity index (χ0v) is 16.1. The zero-order chi connectivity index (χ0) is 19.9. The molecule has 6 heteroatoms. The number of halogens is 2. The van der Waals surface area contributed by atoms with Gasteiger partial charge >= 0.3 is 11.9 Å². The molecule has 1 rings (SSSR count). The van der Waals surface area contributed by atoms with Gasteiger partial charge in [-0.2, -0.15) is 0 Å². The number of carbonyl (C=O) groups excluding carboxylic acids is 2. The van der Waals surface area contributed by atoms with Crippen LogP contribution in [0.1, 0.15) is 76.7 Å². The van der Waals surface area contributed by atoms with E-state index in [9.17, 15) is 18.4 Å². The van der Waals surface area contributed by atoms with Gasteiger partial charge in [-0.05, 0) is 31.0 Å². The van der Waals surface area contributed by atoms with Crippen LogP contribution in [0.25, 0.3) is 0 Å². The standard InChI is InChI=1S/C21H30F2O4/c1-2-3-4-5-6-7-8-14-26-20(24)10-9-11-21(25)27-16-17-15-18(22)12-13-19(17)23/h12-13,15H,2-11,14,16H2,1H3. The maximum absolute atomic E-state index is 13.4. The molecule has 0 bridgehead atoms. The Labute approximate surface area is 160 Å². The molecule has 0 aliphatic heterocycles. The van der Waals surface area contributed by atoms with Crippen LogP contribution in [0, 0.1) is 11.6 Å². The van der Waals surface area contributed by atoms with E-state index in [1.165, 1.54) is 25.7 Å². The second kappa shape index (κ2) is 14.1. The Balaban J connectivity index is 2.03. The van der Waals surface area contributed by atoms with E-state index in [-0.39, 0.29) is 31.0 Å². The monoisotopic (exact) mass is 384 g/mol. The molecular formula is C21H30F2O4. The summed E-state index contributed by atoms with van der Waals surface area (Å²) >= 11 is 0. The van der Waals surface area contributed by atoms with E-state index in [2.05, 4.69) is 6.92 Å². The minimum atomic E-state index is -0.627. The molecule has 1 aromatic rings. The van der Waals surface area contributed by atoms with Crippen LogP contribution in [-0.4, -0.2) is 18.5 Å². The third kappa shape index (κ3) is 11.4.